The van der Waals surface area contributed by atoms with E-state index in [1.165, 1.54) is 4.90 Å². The summed E-state index contributed by atoms with van der Waals surface area (Å²) in [7, 11) is 0. The number of anilines is 1. The molecule has 2 N–H and O–H groups in total. The molecule has 2 aromatic rings. The van der Waals surface area contributed by atoms with Gasteiger partial charge in [0.05, 0.1) is 5.52 Å². The Kier molecular flexibility index (Phi) is 3.09. The lowest BCUT2D eigenvalue weighted by Gasteiger charge is -2.39. The van der Waals surface area contributed by atoms with Crippen molar-refractivity contribution < 1.29 is 0 Å². The van der Waals surface area contributed by atoms with E-state index in [0.717, 1.165) is 36.4 Å². The third kappa shape index (κ3) is 1.93. The van der Waals surface area contributed by atoms with Gasteiger partial charge in [-0.05, 0) is 31.0 Å². The van der Waals surface area contributed by atoms with Crippen LogP contribution >= 0.6 is 11.8 Å². The summed E-state index contributed by atoms with van der Waals surface area (Å²) < 4.78 is 0. The van der Waals surface area contributed by atoms with Gasteiger partial charge in [-0.2, -0.15) is 0 Å². The van der Waals surface area contributed by atoms with Crippen LogP contribution in [-0.2, 0) is 0 Å². The highest BCUT2D eigenvalue weighted by atomic mass is 32.2. The third-order valence-corrected chi connectivity index (χ3v) is 4.14. The highest BCUT2D eigenvalue weighted by molar-refractivity contribution is 7.98. The van der Waals surface area contributed by atoms with Gasteiger partial charge in [0.1, 0.15) is 12.1 Å². The first-order valence-corrected chi connectivity index (χ1v) is 7.28. The molecule has 2 heterocycles. The summed E-state index contributed by atoms with van der Waals surface area (Å²) in [4.78, 5) is 12.3. The summed E-state index contributed by atoms with van der Waals surface area (Å²) in [5.74, 6) is 1.65. The van der Waals surface area contributed by atoms with Crippen molar-refractivity contribution in [1.82, 2.24) is 9.97 Å². The number of thioether (sulfide) groups is 1. The minimum Gasteiger partial charge on any atom is -0.355 e. The van der Waals surface area contributed by atoms with Crippen LogP contribution in [0, 0.1) is 5.92 Å². The zero-order chi connectivity index (χ0) is 12.5. The van der Waals surface area contributed by atoms with Crippen molar-refractivity contribution in [2.75, 3.05) is 30.8 Å². The first kappa shape index (κ1) is 11.7. The van der Waals surface area contributed by atoms with Crippen molar-refractivity contribution in [3.63, 3.8) is 0 Å². The summed E-state index contributed by atoms with van der Waals surface area (Å²) in [6.07, 6.45) is 3.72. The molecule has 1 fully saturated rings. The van der Waals surface area contributed by atoms with E-state index in [4.69, 9.17) is 5.73 Å². The van der Waals surface area contributed by atoms with Crippen LogP contribution in [0.5, 0.6) is 0 Å². The molecule has 4 nitrogen and oxygen atoms in total. The van der Waals surface area contributed by atoms with Crippen LogP contribution in [0.1, 0.15) is 0 Å². The van der Waals surface area contributed by atoms with E-state index in [1.807, 2.05) is 0 Å². The Morgan fingerprint density at radius 3 is 2.94 bits per heavy atom. The lowest BCUT2D eigenvalue weighted by molar-refractivity contribution is 0.418. The van der Waals surface area contributed by atoms with Gasteiger partial charge in [-0.15, -0.1) is 11.8 Å². The van der Waals surface area contributed by atoms with Crippen LogP contribution in [0.15, 0.2) is 29.4 Å². The average molecular weight is 260 g/mol. The maximum Gasteiger partial charge on any atom is 0.139 e. The van der Waals surface area contributed by atoms with Crippen LogP contribution < -0.4 is 10.6 Å². The van der Waals surface area contributed by atoms with Crippen LogP contribution in [-0.4, -0.2) is 35.9 Å². The Morgan fingerprint density at radius 2 is 2.22 bits per heavy atom. The molecule has 1 aromatic carbocycles. The van der Waals surface area contributed by atoms with E-state index in [2.05, 4.69) is 39.3 Å². The van der Waals surface area contributed by atoms with Crippen molar-refractivity contribution in [3.05, 3.63) is 24.5 Å². The van der Waals surface area contributed by atoms with E-state index in [9.17, 15) is 0 Å². The quantitative estimate of drug-likeness (QED) is 0.852. The average Bonchev–Trinajstić information content (AvgIpc) is 2.37. The highest BCUT2D eigenvalue weighted by Crippen LogP contribution is 2.30. The van der Waals surface area contributed by atoms with E-state index in [0.29, 0.717) is 5.92 Å². The fourth-order valence-corrected chi connectivity index (χ4v) is 2.73. The van der Waals surface area contributed by atoms with E-state index in [-0.39, 0.29) is 0 Å². The summed E-state index contributed by atoms with van der Waals surface area (Å²) in [6, 6.07) is 6.36. The lowest BCUT2D eigenvalue weighted by Crippen LogP contribution is -2.50. The van der Waals surface area contributed by atoms with Crippen molar-refractivity contribution in [2.24, 2.45) is 11.7 Å². The minimum absolute atomic E-state index is 0.612. The van der Waals surface area contributed by atoms with E-state index in [1.54, 1.807) is 18.1 Å². The first-order valence-electron chi connectivity index (χ1n) is 6.05. The molecule has 3 rings (SSSR count). The number of nitrogens with two attached hydrogens (primary N) is 1. The Labute approximate surface area is 111 Å². The minimum atomic E-state index is 0.612. The van der Waals surface area contributed by atoms with Gasteiger partial charge in [-0.1, -0.05) is 0 Å². The van der Waals surface area contributed by atoms with Crippen LogP contribution in [0.3, 0.4) is 0 Å². The molecule has 0 aliphatic carbocycles. The molecule has 0 spiro atoms. The summed E-state index contributed by atoms with van der Waals surface area (Å²) in [6.45, 7) is 2.77. The van der Waals surface area contributed by atoms with Crippen LogP contribution in [0.2, 0.25) is 0 Å². The Hall–Kier alpha value is -1.33. The summed E-state index contributed by atoms with van der Waals surface area (Å²) >= 11 is 1.73. The number of benzene rings is 1. The molecule has 0 saturated carbocycles. The second-order valence-electron chi connectivity index (χ2n) is 4.59. The number of nitrogens with zero attached hydrogens (tertiary/aromatic N) is 3. The molecule has 1 aromatic heterocycles. The van der Waals surface area contributed by atoms with Gasteiger partial charge in [0.25, 0.3) is 0 Å². The second-order valence-corrected chi connectivity index (χ2v) is 5.47. The number of hydrogen-bond donors (Lipinski definition) is 1. The SMILES string of the molecule is CSc1ccc2c(N3CC(CN)C3)ncnc2c1. The predicted molar refractivity (Wildman–Crippen MR) is 76.1 cm³/mol. The van der Waals surface area contributed by atoms with Crippen molar-refractivity contribution >= 4 is 28.5 Å². The van der Waals surface area contributed by atoms with Gasteiger partial charge < -0.3 is 10.6 Å². The summed E-state index contributed by atoms with van der Waals surface area (Å²) in [5.41, 5.74) is 6.68. The van der Waals surface area contributed by atoms with Gasteiger partial charge >= 0.3 is 0 Å². The lowest BCUT2D eigenvalue weighted by atomic mass is 10.00. The Bertz CT molecular complexity index is 566. The van der Waals surface area contributed by atoms with Gasteiger partial charge in [0.15, 0.2) is 0 Å². The number of rotatable bonds is 3. The second kappa shape index (κ2) is 4.74. The molecule has 1 aliphatic rings. The molecule has 5 heteroatoms. The molecule has 1 aliphatic heterocycles. The number of aromatic nitrogens is 2. The fraction of sp³-hybridized carbons (Fsp3) is 0.385. The Morgan fingerprint density at radius 1 is 1.39 bits per heavy atom. The monoisotopic (exact) mass is 260 g/mol. The normalized spacial score (nSPS) is 16.0. The van der Waals surface area contributed by atoms with Gasteiger partial charge in [-0.3, -0.25) is 0 Å². The molecule has 0 radical (unpaired) electrons. The van der Waals surface area contributed by atoms with E-state index < -0.39 is 0 Å². The van der Waals surface area contributed by atoms with Crippen molar-refractivity contribution in [2.45, 2.75) is 4.90 Å². The van der Waals surface area contributed by atoms with Crippen LogP contribution in [0.4, 0.5) is 5.82 Å². The molecule has 0 unspecified atom stereocenters. The molecular formula is C13H16N4S. The third-order valence-electron chi connectivity index (χ3n) is 3.41. The number of hydrogen-bond acceptors (Lipinski definition) is 5. The topological polar surface area (TPSA) is 55.0 Å². The first-order chi connectivity index (χ1) is 8.81. The summed E-state index contributed by atoms with van der Waals surface area (Å²) in [5, 5.41) is 1.13. The maximum atomic E-state index is 5.66. The van der Waals surface area contributed by atoms with Crippen molar-refractivity contribution in [1.29, 1.82) is 0 Å². The number of fused-ring (bicyclic) bond motifs is 1. The Balaban J connectivity index is 1.98. The zero-order valence-corrected chi connectivity index (χ0v) is 11.2. The maximum absolute atomic E-state index is 5.66. The van der Waals surface area contributed by atoms with Gasteiger partial charge in [0, 0.05) is 29.3 Å². The molecule has 18 heavy (non-hydrogen) atoms. The molecule has 0 bridgehead atoms. The van der Waals surface area contributed by atoms with E-state index >= 15 is 0 Å². The molecule has 94 valence electrons. The highest BCUT2D eigenvalue weighted by Gasteiger charge is 2.27. The largest absolute Gasteiger partial charge is 0.355 e. The van der Waals surface area contributed by atoms with Crippen molar-refractivity contribution in [3.8, 4) is 0 Å². The fourth-order valence-electron chi connectivity index (χ4n) is 2.29. The van der Waals surface area contributed by atoms with Gasteiger partial charge in [0.2, 0.25) is 0 Å². The molecular weight excluding hydrogens is 244 g/mol. The smallest absolute Gasteiger partial charge is 0.139 e. The van der Waals surface area contributed by atoms with Crippen LogP contribution in [0.25, 0.3) is 10.9 Å². The molecule has 0 amide bonds. The molecule has 0 atom stereocenters. The zero-order valence-electron chi connectivity index (χ0n) is 10.3. The predicted octanol–water partition coefficient (Wildman–Crippen LogP) is 1.75. The molecule has 1 saturated heterocycles. The standard InChI is InChI=1S/C13H16N4S/c1-18-10-2-3-11-12(4-10)15-8-16-13(11)17-6-9(5-14)7-17/h2-4,8-9H,5-7,14H2,1H3. The van der Waals surface area contributed by atoms with Gasteiger partial charge in [-0.25, -0.2) is 9.97 Å².